The van der Waals surface area contributed by atoms with E-state index in [2.05, 4.69) is 20.5 Å². The Labute approximate surface area is 125 Å². The molecule has 2 heterocycles. The molecule has 8 nitrogen and oxygen atoms in total. The fourth-order valence-electron chi connectivity index (χ4n) is 2.16. The van der Waals surface area contributed by atoms with Crippen LogP contribution in [0.2, 0.25) is 0 Å². The highest BCUT2D eigenvalue weighted by molar-refractivity contribution is 5.38. The van der Waals surface area contributed by atoms with Crippen molar-refractivity contribution in [2.45, 2.75) is 13.5 Å². The molecule has 3 rings (SSSR count). The van der Waals surface area contributed by atoms with Gasteiger partial charge < -0.3 is 4.57 Å². The summed E-state index contributed by atoms with van der Waals surface area (Å²) in [4.78, 5) is 4.08. The van der Waals surface area contributed by atoms with Gasteiger partial charge in [0, 0.05) is 0 Å². The van der Waals surface area contributed by atoms with Gasteiger partial charge in [-0.3, -0.25) is 0 Å². The molecule has 8 heteroatoms. The number of nitriles is 2. The minimum Gasteiger partial charge on any atom is -0.311 e. The van der Waals surface area contributed by atoms with Crippen molar-refractivity contribution in [3.8, 4) is 17.8 Å². The molecule has 0 amide bonds. The molecule has 0 aliphatic carbocycles. The number of para-hydroxylation sites is 1. The van der Waals surface area contributed by atoms with Gasteiger partial charge in [-0.25, -0.2) is 4.98 Å². The van der Waals surface area contributed by atoms with E-state index in [1.54, 1.807) is 16.2 Å². The Morgan fingerprint density at radius 3 is 2.59 bits per heavy atom. The van der Waals surface area contributed by atoms with Crippen molar-refractivity contribution in [1.82, 2.24) is 29.8 Å². The smallest absolute Gasteiger partial charge is 0.177 e. The second-order valence-electron chi connectivity index (χ2n) is 4.51. The number of aryl methyl sites for hydroxylation is 1. The van der Waals surface area contributed by atoms with E-state index in [4.69, 9.17) is 5.26 Å². The van der Waals surface area contributed by atoms with Gasteiger partial charge in [0.1, 0.15) is 18.0 Å². The summed E-state index contributed by atoms with van der Waals surface area (Å²) >= 11 is 0. The van der Waals surface area contributed by atoms with Crippen LogP contribution in [0.3, 0.4) is 0 Å². The van der Waals surface area contributed by atoms with Gasteiger partial charge in [0.15, 0.2) is 17.2 Å². The number of imidazole rings is 1. The van der Waals surface area contributed by atoms with Gasteiger partial charge >= 0.3 is 0 Å². The molecule has 0 aliphatic heterocycles. The average Bonchev–Trinajstić information content (AvgIpc) is 3.13. The highest BCUT2D eigenvalue weighted by Gasteiger charge is 2.17. The van der Waals surface area contributed by atoms with Crippen LogP contribution in [0, 0.1) is 29.6 Å². The zero-order valence-corrected chi connectivity index (χ0v) is 11.7. The van der Waals surface area contributed by atoms with E-state index in [-0.39, 0.29) is 17.9 Å². The molecular weight excluding hydrogens is 280 g/mol. The van der Waals surface area contributed by atoms with Crippen LogP contribution in [0.15, 0.2) is 30.3 Å². The number of benzene rings is 1. The van der Waals surface area contributed by atoms with Crippen LogP contribution in [-0.4, -0.2) is 29.8 Å². The Morgan fingerprint density at radius 2 is 1.91 bits per heavy atom. The van der Waals surface area contributed by atoms with E-state index >= 15 is 0 Å². The van der Waals surface area contributed by atoms with Crippen LogP contribution in [-0.2, 0) is 6.54 Å². The molecule has 0 spiro atoms. The van der Waals surface area contributed by atoms with E-state index in [1.165, 1.54) is 0 Å². The number of rotatable bonds is 3. The SMILES string of the molecule is Cc1nc(C#N)c(C#N)n1Cc1nnnn1-c1ccccc1. The van der Waals surface area contributed by atoms with E-state index in [0.717, 1.165) is 5.69 Å². The van der Waals surface area contributed by atoms with E-state index < -0.39 is 0 Å². The first-order chi connectivity index (χ1) is 10.7. The zero-order valence-electron chi connectivity index (χ0n) is 11.7. The summed E-state index contributed by atoms with van der Waals surface area (Å²) in [5.41, 5.74) is 1.14. The van der Waals surface area contributed by atoms with Crippen LogP contribution in [0.4, 0.5) is 0 Å². The first-order valence-electron chi connectivity index (χ1n) is 6.44. The highest BCUT2D eigenvalue weighted by atomic mass is 15.5. The molecule has 3 aromatic rings. The van der Waals surface area contributed by atoms with Gasteiger partial charge in [-0.2, -0.15) is 15.2 Å². The van der Waals surface area contributed by atoms with Gasteiger partial charge in [0.2, 0.25) is 0 Å². The fourth-order valence-corrected chi connectivity index (χ4v) is 2.16. The van der Waals surface area contributed by atoms with Gasteiger partial charge in [-0.05, 0) is 29.5 Å². The Bertz CT molecular complexity index is 891. The Hall–Kier alpha value is -3.52. The third-order valence-corrected chi connectivity index (χ3v) is 3.20. The second-order valence-corrected chi connectivity index (χ2v) is 4.51. The molecule has 106 valence electrons. The minimum absolute atomic E-state index is 0.110. The normalized spacial score (nSPS) is 10.1. The van der Waals surface area contributed by atoms with Crippen molar-refractivity contribution in [3.05, 3.63) is 53.4 Å². The molecule has 0 bridgehead atoms. The summed E-state index contributed by atoms with van der Waals surface area (Å²) in [7, 11) is 0. The monoisotopic (exact) mass is 290 g/mol. The largest absolute Gasteiger partial charge is 0.311 e. The summed E-state index contributed by atoms with van der Waals surface area (Å²) in [5.74, 6) is 1.11. The number of tetrazole rings is 1. The summed E-state index contributed by atoms with van der Waals surface area (Å²) in [6, 6.07) is 13.4. The lowest BCUT2D eigenvalue weighted by atomic mass is 10.3. The van der Waals surface area contributed by atoms with E-state index in [1.807, 2.05) is 42.5 Å². The number of hydrogen-bond donors (Lipinski definition) is 0. The molecule has 0 N–H and O–H groups in total. The van der Waals surface area contributed by atoms with Crippen molar-refractivity contribution in [3.63, 3.8) is 0 Å². The Morgan fingerprint density at radius 1 is 1.14 bits per heavy atom. The van der Waals surface area contributed by atoms with Crippen LogP contribution in [0.25, 0.3) is 5.69 Å². The first kappa shape index (κ1) is 13.5. The molecule has 22 heavy (non-hydrogen) atoms. The summed E-state index contributed by atoms with van der Waals surface area (Å²) < 4.78 is 3.22. The number of hydrogen-bond acceptors (Lipinski definition) is 6. The topological polar surface area (TPSA) is 109 Å². The third-order valence-electron chi connectivity index (χ3n) is 3.20. The van der Waals surface area contributed by atoms with Crippen LogP contribution in [0.1, 0.15) is 23.0 Å². The number of nitrogens with zero attached hydrogens (tertiary/aromatic N) is 8. The molecule has 0 radical (unpaired) electrons. The molecule has 0 aliphatic rings. The molecule has 0 unspecified atom stereocenters. The lowest BCUT2D eigenvalue weighted by Crippen LogP contribution is -2.11. The maximum absolute atomic E-state index is 9.24. The van der Waals surface area contributed by atoms with Crippen LogP contribution >= 0.6 is 0 Å². The molecule has 0 saturated heterocycles. The van der Waals surface area contributed by atoms with Crippen molar-refractivity contribution in [2.75, 3.05) is 0 Å². The van der Waals surface area contributed by atoms with Crippen molar-refractivity contribution in [1.29, 1.82) is 10.5 Å². The van der Waals surface area contributed by atoms with Gasteiger partial charge in [0.25, 0.3) is 0 Å². The van der Waals surface area contributed by atoms with Crippen molar-refractivity contribution in [2.24, 2.45) is 0 Å². The lowest BCUT2D eigenvalue weighted by Gasteiger charge is -2.07. The first-order valence-corrected chi connectivity index (χ1v) is 6.44. The summed E-state index contributed by atoms with van der Waals surface area (Å²) in [5, 5.41) is 29.9. The molecule has 0 fully saturated rings. The Kier molecular flexibility index (Phi) is 3.34. The second kappa shape index (κ2) is 5.46. The molecular formula is C14H10N8. The predicted octanol–water partition coefficient (Wildman–Crippen LogP) is 0.959. The van der Waals surface area contributed by atoms with Crippen LogP contribution < -0.4 is 0 Å². The summed E-state index contributed by atoms with van der Waals surface area (Å²) in [6.07, 6.45) is 0. The van der Waals surface area contributed by atoms with Crippen molar-refractivity contribution < 1.29 is 0 Å². The average molecular weight is 290 g/mol. The maximum atomic E-state index is 9.24. The Balaban J connectivity index is 2.04. The summed E-state index contributed by atoms with van der Waals surface area (Å²) in [6.45, 7) is 1.99. The molecule has 1 aromatic carbocycles. The van der Waals surface area contributed by atoms with E-state index in [9.17, 15) is 5.26 Å². The molecule has 0 atom stereocenters. The maximum Gasteiger partial charge on any atom is 0.177 e. The molecule has 0 saturated carbocycles. The predicted molar refractivity (Wildman–Crippen MR) is 74.7 cm³/mol. The van der Waals surface area contributed by atoms with Gasteiger partial charge in [-0.15, -0.1) is 5.10 Å². The van der Waals surface area contributed by atoms with Gasteiger partial charge in [0.05, 0.1) is 12.2 Å². The van der Waals surface area contributed by atoms with Crippen LogP contribution in [0.5, 0.6) is 0 Å². The third kappa shape index (κ3) is 2.19. The fraction of sp³-hybridized carbons (Fsp3) is 0.143. The minimum atomic E-state index is 0.110. The molecule has 2 aromatic heterocycles. The van der Waals surface area contributed by atoms with Crippen molar-refractivity contribution >= 4 is 0 Å². The highest BCUT2D eigenvalue weighted by Crippen LogP contribution is 2.14. The quantitative estimate of drug-likeness (QED) is 0.710. The standard InChI is InChI=1S/C14H10N8/c1-10-17-12(7-15)13(8-16)21(10)9-14-18-19-20-22(14)11-5-3-2-4-6-11/h2-6H,9H2,1H3. The number of aromatic nitrogens is 6. The van der Waals surface area contributed by atoms with Gasteiger partial charge in [-0.1, -0.05) is 18.2 Å². The van der Waals surface area contributed by atoms with E-state index in [0.29, 0.717) is 11.6 Å². The lowest BCUT2D eigenvalue weighted by molar-refractivity contribution is 0.678. The zero-order chi connectivity index (χ0) is 15.5.